The maximum Gasteiger partial charge on any atom is 0.225 e. The molecule has 0 unspecified atom stereocenters. The van der Waals surface area contributed by atoms with Crippen LogP contribution >= 0.6 is 15.9 Å². The minimum atomic E-state index is 0.540. The summed E-state index contributed by atoms with van der Waals surface area (Å²) in [6, 6.07) is 18.1. The van der Waals surface area contributed by atoms with Gasteiger partial charge in [-0.25, -0.2) is 9.97 Å². The zero-order valence-electron chi connectivity index (χ0n) is 18.4. The lowest BCUT2D eigenvalue weighted by molar-refractivity contribution is 0.665. The maximum atomic E-state index is 9.02. The van der Waals surface area contributed by atoms with Gasteiger partial charge in [0.25, 0.3) is 0 Å². The van der Waals surface area contributed by atoms with Gasteiger partial charge in [-0.3, -0.25) is 0 Å². The molecule has 166 valence electrons. The Morgan fingerprint density at radius 2 is 1.67 bits per heavy atom. The molecule has 4 aromatic rings. The molecular weight excluding hydrogens is 478 g/mol. The summed E-state index contributed by atoms with van der Waals surface area (Å²) in [6.45, 7) is 4.01. The van der Waals surface area contributed by atoms with Crippen molar-refractivity contribution in [2.24, 2.45) is 0 Å². The van der Waals surface area contributed by atoms with Gasteiger partial charge in [-0.1, -0.05) is 47.1 Å². The van der Waals surface area contributed by atoms with Crippen molar-refractivity contribution in [3.63, 3.8) is 0 Å². The molecule has 0 radical (unpaired) electrons. The Morgan fingerprint density at radius 3 is 2.33 bits per heavy atom. The van der Waals surface area contributed by atoms with Crippen LogP contribution in [0.2, 0.25) is 0 Å². The second-order valence-electron chi connectivity index (χ2n) is 7.73. The summed E-state index contributed by atoms with van der Waals surface area (Å²) in [6.07, 6.45) is 7.27. The van der Waals surface area contributed by atoms with E-state index in [1.54, 1.807) is 6.33 Å². The van der Waals surface area contributed by atoms with E-state index in [1.165, 1.54) is 5.56 Å². The average Bonchev–Trinajstić information content (AvgIpc) is 3.29. The Morgan fingerprint density at radius 1 is 0.970 bits per heavy atom. The Hall–Kier alpha value is -3.57. The monoisotopic (exact) mass is 501 g/mol. The molecule has 0 bridgehead atoms. The lowest BCUT2D eigenvalue weighted by Gasteiger charge is -2.22. The van der Waals surface area contributed by atoms with Crippen LogP contribution in [0.4, 0.5) is 5.95 Å². The molecule has 0 atom stereocenters. The van der Waals surface area contributed by atoms with Crippen molar-refractivity contribution in [3.8, 4) is 6.07 Å². The van der Waals surface area contributed by atoms with Gasteiger partial charge in [-0.15, -0.1) is 10.2 Å². The van der Waals surface area contributed by atoms with E-state index < -0.39 is 0 Å². The number of nitriles is 1. The fourth-order valence-corrected chi connectivity index (χ4v) is 3.71. The van der Waals surface area contributed by atoms with E-state index in [9.17, 15) is 0 Å². The van der Waals surface area contributed by atoms with Crippen LogP contribution in [0.15, 0.2) is 71.7 Å². The smallest absolute Gasteiger partial charge is 0.225 e. The fraction of sp³-hybridized carbons (Fsp3) is 0.240. The minimum absolute atomic E-state index is 0.540. The van der Waals surface area contributed by atoms with Gasteiger partial charge in [0, 0.05) is 23.4 Å². The molecule has 0 N–H and O–H groups in total. The molecule has 8 heteroatoms. The normalized spacial score (nSPS) is 10.7. The van der Waals surface area contributed by atoms with Crippen molar-refractivity contribution in [1.29, 1.82) is 5.26 Å². The first-order valence-corrected chi connectivity index (χ1v) is 11.6. The molecule has 33 heavy (non-hydrogen) atoms. The second-order valence-corrected chi connectivity index (χ2v) is 8.64. The molecule has 0 saturated carbocycles. The molecule has 0 aliphatic carbocycles. The Labute approximate surface area is 201 Å². The van der Waals surface area contributed by atoms with Crippen molar-refractivity contribution < 1.29 is 0 Å². The number of hydrogen-bond donors (Lipinski definition) is 0. The summed E-state index contributed by atoms with van der Waals surface area (Å²) < 4.78 is 3.09. The summed E-state index contributed by atoms with van der Waals surface area (Å²) >= 11 is 3.49. The van der Waals surface area contributed by atoms with Crippen LogP contribution in [0.1, 0.15) is 35.0 Å². The van der Waals surface area contributed by atoms with E-state index in [0.29, 0.717) is 24.6 Å². The predicted octanol–water partition coefficient (Wildman–Crippen LogP) is 4.56. The van der Waals surface area contributed by atoms with Crippen LogP contribution in [-0.2, 0) is 25.9 Å². The number of anilines is 1. The second kappa shape index (κ2) is 10.8. The maximum absolute atomic E-state index is 9.02. The van der Waals surface area contributed by atoms with Crippen LogP contribution < -0.4 is 4.90 Å². The highest BCUT2D eigenvalue weighted by Gasteiger charge is 2.15. The van der Waals surface area contributed by atoms with Gasteiger partial charge in [0.2, 0.25) is 5.95 Å². The standard InChI is InChI=1S/C25H24BrN7/c1-2-19-14-28-25(29-15-19)32(12-11-20-7-9-23(26)10-8-20)17-24-31-30-18-33(24)16-22-5-3-21(13-27)4-6-22/h3-10,14-15,18H,2,11-12,16-17H2,1H3. The van der Waals surface area contributed by atoms with E-state index in [1.807, 2.05) is 41.2 Å². The molecule has 2 aromatic heterocycles. The van der Waals surface area contributed by atoms with E-state index in [0.717, 1.165) is 40.8 Å². The molecule has 0 aliphatic rings. The van der Waals surface area contributed by atoms with Gasteiger partial charge < -0.3 is 9.47 Å². The van der Waals surface area contributed by atoms with Crippen molar-refractivity contribution in [2.45, 2.75) is 32.9 Å². The zero-order chi connectivity index (χ0) is 23.0. The molecule has 0 fully saturated rings. The molecule has 2 heterocycles. The van der Waals surface area contributed by atoms with Crippen LogP contribution in [0.25, 0.3) is 0 Å². The zero-order valence-corrected chi connectivity index (χ0v) is 20.0. The highest BCUT2D eigenvalue weighted by atomic mass is 79.9. The van der Waals surface area contributed by atoms with Crippen LogP contribution in [0.5, 0.6) is 0 Å². The largest absolute Gasteiger partial charge is 0.333 e. The SMILES string of the molecule is CCc1cnc(N(CCc2ccc(Br)cc2)Cc2nncn2Cc2ccc(C#N)cc2)nc1. The first-order valence-electron chi connectivity index (χ1n) is 10.8. The van der Waals surface area contributed by atoms with Crippen LogP contribution in [-0.4, -0.2) is 31.3 Å². The minimum Gasteiger partial charge on any atom is -0.333 e. The summed E-state index contributed by atoms with van der Waals surface area (Å²) in [5, 5.41) is 17.5. The van der Waals surface area contributed by atoms with Crippen molar-refractivity contribution in [3.05, 3.63) is 99.8 Å². The third kappa shape index (κ3) is 6.02. The first-order chi connectivity index (χ1) is 16.1. The number of halogens is 1. The van der Waals surface area contributed by atoms with Gasteiger partial charge in [-0.2, -0.15) is 5.26 Å². The van der Waals surface area contributed by atoms with Gasteiger partial charge in [0.1, 0.15) is 6.33 Å². The summed E-state index contributed by atoms with van der Waals surface area (Å²) in [5.74, 6) is 1.51. The third-order valence-electron chi connectivity index (χ3n) is 5.43. The molecule has 7 nitrogen and oxygen atoms in total. The number of rotatable bonds is 9. The lowest BCUT2D eigenvalue weighted by Crippen LogP contribution is -2.29. The Bertz CT molecular complexity index is 1210. The Kier molecular flexibility index (Phi) is 7.43. The number of nitrogens with zero attached hydrogens (tertiary/aromatic N) is 7. The van der Waals surface area contributed by atoms with E-state index >= 15 is 0 Å². The van der Waals surface area contributed by atoms with Gasteiger partial charge in [0.05, 0.1) is 24.7 Å². The Balaban J connectivity index is 1.53. The molecule has 0 spiro atoms. The number of benzene rings is 2. The predicted molar refractivity (Wildman–Crippen MR) is 131 cm³/mol. The van der Waals surface area contributed by atoms with Gasteiger partial charge in [0.15, 0.2) is 5.82 Å². The average molecular weight is 502 g/mol. The van der Waals surface area contributed by atoms with Gasteiger partial charge >= 0.3 is 0 Å². The lowest BCUT2D eigenvalue weighted by atomic mass is 10.1. The number of hydrogen-bond acceptors (Lipinski definition) is 6. The third-order valence-corrected chi connectivity index (χ3v) is 5.96. The number of aromatic nitrogens is 5. The molecule has 0 saturated heterocycles. The molecular formula is C25H24BrN7. The van der Waals surface area contributed by atoms with Crippen molar-refractivity contribution >= 4 is 21.9 Å². The molecule has 0 amide bonds. The highest BCUT2D eigenvalue weighted by Crippen LogP contribution is 2.16. The summed E-state index contributed by atoms with van der Waals surface area (Å²) in [5.41, 5.74) is 4.08. The van der Waals surface area contributed by atoms with Crippen molar-refractivity contribution in [1.82, 2.24) is 24.7 Å². The summed E-state index contributed by atoms with van der Waals surface area (Å²) in [4.78, 5) is 11.4. The highest BCUT2D eigenvalue weighted by molar-refractivity contribution is 9.10. The van der Waals surface area contributed by atoms with Crippen LogP contribution in [0.3, 0.4) is 0 Å². The topological polar surface area (TPSA) is 83.5 Å². The van der Waals surface area contributed by atoms with Crippen molar-refractivity contribution in [2.75, 3.05) is 11.4 Å². The molecule has 2 aromatic carbocycles. The first kappa shape index (κ1) is 22.6. The van der Waals surface area contributed by atoms with Gasteiger partial charge in [-0.05, 0) is 53.8 Å². The summed E-state index contributed by atoms with van der Waals surface area (Å²) in [7, 11) is 0. The molecule has 4 rings (SSSR count). The fourth-order valence-electron chi connectivity index (χ4n) is 3.44. The van der Waals surface area contributed by atoms with E-state index in [-0.39, 0.29) is 0 Å². The van der Waals surface area contributed by atoms with E-state index in [4.69, 9.17) is 5.26 Å². The quantitative estimate of drug-likeness (QED) is 0.334. The molecule has 0 aliphatic heterocycles. The van der Waals surface area contributed by atoms with E-state index in [2.05, 4.69) is 78.3 Å². The van der Waals surface area contributed by atoms with Crippen LogP contribution in [0, 0.1) is 11.3 Å². The number of aryl methyl sites for hydroxylation is 1.